The molecule has 2 heterocycles. The summed E-state index contributed by atoms with van der Waals surface area (Å²) in [5.74, 6) is -1.37. The summed E-state index contributed by atoms with van der Waals surface area (Å²) in [6.45, 7) is 0. The predicted molar refractivity (Wildman–Crippen MR) is 93.6 cm³/mol. The van der Waals surface area contributed by atoms with Crippen LogP contribution in [0.1, 0.15) is 22.5 Å². The average molecular weight is 353 g/mol. The molecule has 126 valence electrons. The van der Waals surface area contributed by atoms with Crippen LogP contribution in [0.4, 0.5) is 5.69 Å². The second kappa shape index (κ2) is 6.29. The Labute approximate surface area is 148 Å². The molecule has 6 heteroatoms. The second-order valence-corrected chi connectivity index (χ2v) is 6.95. The fourth-order valence-corrected chi connectivity index (χ4v) is 3.91. The lowest BCUT2D eigenvalue weighted by atomic mass is 9.85. The van der Waals surface area contributed by atoms with E-state index in [0.29, 0.717) is 23.4 Å². The highest BCUT2D eigenvalue weighted by atomic mass is 32.1. The van der Waals surface area contributed by atoms with Crippen LogP contribution in [0.15, 0.2) is 53.9 Å². The van der Waals surface area contributed by atoms with Crippen molar-refractivity contribution in [1.82, 2.24) is 0 Å². The minimum absolute atomic E-state index is 0.217. The SMILES string of the molecule is O=C(Oc1ccccc1N1C(=O)C2CC=CCC2C1=O)c1cccs1. The number of anilines is 1. The summed E-state index contributed by atoms with van der Waals surface area (Å²) >= 11 is 1.28. The number of benzene rings is 1. The van der Waals surface area contributed by atoms with Gasteiger partial charge in [-0.1, -0.05) is 30.4 Å². The molecule has 1 aliphatic carbocycles. The van der Waals surface area contributed by atoms with Crippen molar-refractivity contribution in [2.45, 2.75) is 12.8 Å². The molecule has 2 atom stereocenters. The highest BCUT2D eigenvalue weighted by Crippen LogP contribution is 2.40. The van der Waals surface area contributed by atoms with Gasteiger partial charge in [-0.25, -0.2) is 9.69 Å². The first kappa shape index (κ1) is 15.8. The van der Waals surface area contributed by atoms with Crippen LogP contribution >= 0.6 is 11.3 Å². The Kier molecular flexibility index (Phi) is 3.97. The molecule has 1 fully saturated rings. The molecule has 1 aromatic carbocycles. The van der Waals surface area contributed by atoms with Gasteiger partial charge in [0, 0.05) is 0 Å². The first-order chi connectivity index (χ1) is 12.2. The van der Waals surface area contributed by atoms with Crippen LogP contribution in [0.3, 0.4) is 0 Å². The van der Waals surface area contributed by atoms with Crippen molar-refractivity contribution >= 4 is 34.8 Å². The van der Waals surface area contributed by atoms with E-state index in [1.807, 2.05) is 12.2 Å². The maximum Gasteiger partial charge on any atom is 0.353 e. The summed E-state index contributed by atoms with van der Waals surface area (Å²) in [4.78, 5) is 39.4. The summed E-state index contributed by atoms with van der Waals surface area (Å²) in [7, 11) is 0. The van der Waals surface area contributed by atoms with Gasteiger partial charge in [0.15, 0.2) is 5.75 Å². The number of para-hydroxylation sites is 2. The van der Waals surface area contributed by atoms with E-state index in [0.717, 1.165) is 0 Å². The molecule has 2 aliphatic rings. The third kappa shape index (κ3) is 2.68. The van der Waals surface area contributed by atoms with E-state index in [4.69, 9.17) is 4.74 Å². The van der Waals surface area contributed by atoms with E-state index >= 15 is 0 Å². The molecule has 4 rings (SSSR count). The van der Waals surface area contributed by atoms with E-state index < -0.39 is 5.97 Å². The Balaban J connectivity index is 1.66. The number of hydrogen-bond acceptors (Lipinski definition) is 5. The summed E-state index contributed by atoms with van der Waals surface area (Å²) in [6.07, 6.45) is 5.03. The lowest BCUT2D eigenvalue weighted by molar-refractivity contribution is -0.122. The molecule has 25 heavy (non-hydrogen) atoms. The molecular weight excluding hydrogens is 338 g/mol. The van der Waals surface area contributed by atoms with Gasteiger partial charge in [0.05, 0.1) is 17.5 Å². The number of esters is 1. The van der Waals surface area contributed by atoms with Crippen LogP contribution in [-0.4, -0.2) is 17.8 Å². The van der Waals surface area contributed by atoms with Crippen molar-refractivity contribution in [2.75, 3.05) is 4.90 Å². The molecule has 2 aromatic rings. The van der Waals surface area contributed by atoms with Crippen molar-refractivity contribution in [3.05, 3.63) is 58.8 Å². The topological polar surface area (TPSA) is 63.7 Å². The number of hydrogen-bond donors (Lipinski definition) is 0. The predicted octanol–water partition coefficient (Wildman–Crippen LogP) is 3.42. The van der Waals surface area contributed by atoms with Crippen LogP contribution in [0.2, 0.25) is 0 Å². The quantitative estimate of drug-likeness (QED) is 0.367. The lowest BCUT2D eigenvalue weighted by Gasteiger charge is -2.18. The Morgan fingerprint density at radius 3 is 2.32 bits per heavy atom. The Bertz CT molecular complexity index is 845. The number of amides is 2. The molecule has 1 aromatic heterocycles. The van der Waals surface area contributed by atoms with Gasteiger partial charge in [0.25, 0.3) is 0 Å². The van der Waals surface area contributed by atoms with E-state index in [9.17, 15) is 14.4 Å². The minimum atomic E-state index is -0.499. The maximum atomic E-state index is 12.8. The van der Waals surface area contributed by atoms with Gasteiger partial charge in [-0.05, 0) is 36.4 Å². The van der Waals surface area contributed by atoms with Crippen molar-refractivity contribution < 1.29 is 19.1 Å². The number of nitrogens with zero attached hydrogens (tertiary/aromatic N) is 1. The summed E-state index contributed by atoms with van der Waals surface area (Å²) in [6, 6.07) is 10.1. The van der Waals surface area contributed by atoms with Gasteiger partial charge >= 0.3 is 5.97 Å². The number of thiophene rings is 1. The van der Waals surface area contributed by atoms with Gasteiger partial charge in [0.2, 0.25) is 11.8 Å². The largest absolute Gasteiger partial charge is 0.420 e. The molecule has 1 saturated heterocycles. The van der Waals surface area contributed by atoms with Gasteiger partial charge in [-0.3, -0.25) is 9.59 Å². The van der Waals surface area contributed by atoms with Gasteiger partial charge in [-0.2, -0.15) is 0 Å². The molecular formula is C19H15NO4S. The van der Waals surface area contributed by atoms with E-state index in [-0.39, 0.29) is 29.4 Å². The molecule has 1 aliphatic heterocycles. The number of rotatable bonds is 3. The normalized spacial score (nSPS) is 22.2. The fourth-order valence-electron chi connectivity index (χ4n) is 3.31. The second-order valence-electron chi connectivity index (χ2n) is 6.00. The molecule has 2 unspecified atom stereocenters. The number of allylic oxidation sites excluding steroid dienone is 2. The van der Waals surface area contributed by atoms with Crippen molar-refractivity contribution in [2.24, 2.45) is 11.8 Å². The number of ether oxygens (including phenoxy) is 1. The van der Waals surface area contributed by atoms with Crippen LogP contribution in [-0.2, 0) is 9.59 Å². The Morgan fingerprint density at radius 2 is 1.68 bits per heavy atom. The highest BCUT2D eigenvalue weighted by molar-refractivity contribution is 7.12. The molecule has 0 N–H and O–H groups in total. The monoisotopic (exact) mass is 353 g/mol. The van der Waals surface area contributed by atoms with Crippen LogP contribution in [0.25, 0.3) is 0 Å². The van der Waals surface area contributed by atoms with Gasteiger partial charge < -0.3 is 4.74 Å². The number of carbonyl (C=O) groups excluding carboxylic acids is 3. The van der Waals surface area contributed by atoms with E-state index in [1.165, 1.54) is 16.2 Å². The zero-order valence-electron chi connectivity index (χ0n) is 13.3. The van der Waals surface area contributed by atoms with Crippen LogP contribution < -0.4 is 9.64 Å². The highest BCUT2D eigenvalue weighted by Gasteiger charge is 2.48. The smallest absolute Gasteiger partial charge is 0.353 e. The molecule has 2 amide bonds. The molecule has 0 saturated carbocycles. The molecule has 0 bridgehead atoms. The van der Waals surface area contributed by atoms with Crippen LogP contribution in [0.5, 0.6) is 5.75 Å². The third-order valence-corrected chi connectivity index (χ3v) is 5.39. The molecule has 0 radical (unpaired) electrons. The lowest BCUT2D eigenvalue weighted by Crippen LogP contribution is -2.31. The summed E-state index contributed by atoms with van der Waals surface area (Å²) < 4.78 is 5.46. The zero-order valence-corrected chi connectivity index (χ0v) is 14.1. The van der Waals surface area contributed by atoms with E-state index in [2.05, 4.69) is 0 Å². The first-order valence-electron chi connectivity index (χ1n) is 8.04. The van der Waals surface area contributed by atoms with Crippen molar-refractivity contribution in [1.29, 1.82) is 0 Å². The summed E-state index contributed by atoms with van der Waals surface area (Å²) in [5.41, 5.74) is 0.330. The number of imide groups is 1. The minimum Gasteiger partial charge on any atom is -0.420 e. The number of carbonyl (C=O) groups is 3. The van der Waals surface area contributed by atoms with Gasteiger partial charge in [0.1, 0.15) is 4.88 Å². The Morgan fingerprint density at radius 1 is 1.00 bits per heavy atom. The zero-order chi connectivity index (χ0) is 17.4. The molecule has 5 nitrogen and oxygen atoms in total. The van der Waals surface area contributed by atoms with Crippen molar-refractivity contribution in [3.8, 4) is 5.75 Å². The standard InChI is InChI=1S/C19H15NO4S/c21-17-12-6-1-2-7-13(12)18(22)20(17)14-8-3-4-9-15(14)24-19(23)16-10-5-11-25-16/h1-5,8-13H,6-7H2. The third-order valence-electron chi connectivity index (χ3n) is 4.54. The number of fused-ring (bicyclic) bond motifs is 1. The Hall–Kier alpha value is -2.73. The van der Waals surface area contributed by atoms with Crippen LogP contribution in [0, 0.1) is 11.8 Å². The molecule has 0 spiro atoms. The summed E-state index contributed by atoms with van der Waals surface area (Å²) in [5, 5.41) is 1.79. The average Bonchev–Trinajstić information content (AvgIpc) is 3.25. The fraction of sp³-hybridized carbons (Fsp3) is 0.211. The maximum absolute atomic E-state index is 12.8. The van der Waals surface area contributed by atoms with E-state index in [1.54, 1.807) is 41.8 Å². The first-order valence-corrected chi connectivity index (χ1v) is 8.92. The van der Waals surface area contributed by atoms with Crippen molar-refractivity contribution in [3.63, 3.8) is 0 Å². The van der Waals surface area contributed by atoms with Gasteiger partial charge in [-0.15, -0.1) is 11.3 Å².